The molecule has 0 N–H and O–H groups in total. The molecule has 0 spiro atoms. The molecule has 1 heterocycles. The largest absolute Gasteiger partial charge is 0.493 e. The van der Waals surface area contributed by atoms with Crippen molar-refractivity contribution in [1.82, 2.24) is 0 Å². The Morgan fingerprint density at radius 2 is 2.11 bits per heavy atom. The summed E-state index contributed by atoms with van der Waals surface area (Å²) in [4.78, 5) is 22.7. The predicted octanol–water partition coefficient (Wildman–Crippen LogP) is 1.18. The van der Waals surface area contributed by atoms with Crippen molar-refractivity contribution in [3.63, 3.8) is 0 Å². The van der Waals surface area contributed by atoms with Gasteiger partial charge in [-0.3, -0.25) is 0 Å². The quantitative estimate of drug-likeness (QED) is 0.762. The van der Waals surface area contributed by atoms with E-state index in [0.29, 0.717) is 30.1 Å². The van der Waals surface area contributed by atoms with Gasteiger partial charge in [0, 0.05) is 6.42 Å². The van der Waals surface area contributed by atoms with E-state index in [0.717, 1.165) is 0 Å². The van der Waals surface area contributed by atoms with Gasteiger partial charge in [-0.1, -0.05) is 0 Å². The van der Waals surface area contributed by atoms with Crippen molar-refractivity contribution in [2.45, 2.75) is 12.5 Å². The highest BCUT2D eigenvalue weighted by molar-refractivity contribution is 5.90. The molecular formula is C13H14O6. The molecule has 1 aliphatic heterocycles. The van der Waals surface area contributed by atoms with E-state index < -0.39 is 12.1 Å². The molecule has 0 saturated carbocycles. The van der Waals surface area contributed by atoms with Gasteiger partial charge in [0.2, 0.25) is 0 Å². The second-order valence-corrected chi connectivity index (χ2v) is 3.92. The lowest BCUT2D eigenvalue weighted by Crippen LogP contribution is -2.22. The van der Waals surface area contributed by atoms with Crippen LogP contribution in [0.3, 0.4) is 0 Å². The predicted molar refractivity (Wildman–Crippen MR) is 64.3 cm³/mol. The summed E-state index contributed by atoms with van der Waals surface area (Å²) < 4.78 is 20.1. The van der Waals surface area contributed by atoms with Gasteiger partial charge in [0.05, 0.1) is 26.4 Å². The van der Waals surface area contributed by atoms with E-state index in [1.807, 2.05) is 0 Å². The molecule has 19 heavy (non-hydrogen) atoms. The van der Waals surface area contributed by atoms with Crippen LogP contribution in [0, 0.1) is 0 Å². The molecule has 1 aliphatic rings. The fraction of sp³-hybridized carbons (Fsp3) is 0.385. The zero-order valence-corrected chi connectivity index (χ0v) is 10.7. The van der Waals surface area contributed by atoms with Gasteiger partial charge >= 0.3 is 11.9 Å². The third-order valence-corrected chi connectivity index (χ3v) is 2.74. The zero-order chi connectivity index (χ0) is 13.8. The van der Waals surface area contributed by atoms with Crippen LogP contribution in [-0.2, 0) is 14.3 Å². The summed E-state index contributed by atoms with van der Waals surface area (Å²) in [6.07, 6.45) is -0.126. The molecule has 0 bridgehead atoms. The summed E-state index contributed by atoms with van der Waals surface area (Å²) >= 11 is 0. The number of ether oxygens (including phenoxy) is 4. The van der Waals surface area contributed by atoms with Crippen molar-refractivity contribution in [1.29, 1.82) is 0 Å². The molecule has 1 aromatic rings. The highest BCUT2D eigenvalue weighted by Crippen LogP contribution is 2.30. The molecule has 0 aromatic heterocycles. The number of carbonyl (C=O) groups is 2. The lowest BCUT2D eigenvalue weighted by atomic mass is 10.2. The van der Waals surface area contributed by atoms with Crippen LogP contribution in [0.2, 0.25) is 0 Å². The first-order chi connectivity index (χ1) is 9.15. The van der Waals surface area contributed by atoms with Gasteiger partial charge in [0.15, 0.2) is 17.6 Å². The first-order valence-corrected chi connectivity index (χ1v) is 5.75. The van der Waals surface area contributed by atoms with E-state index in [2.05, 4.69) is 4.74 Å². The average molecular weight is 266 g/mol. The number of methoxy groups -OCH3 is 2. The molecule has 1 aromatic carbocycles. The van der Waals surface area contributed by atoms with Gasteiger partial charge < -0.3 is 18.9 Å². The number of benzene rings is 1. The van der Waals surface area contributed by atoms with Crippen molar-refractivity contribution >= 4 is 11.9 Å². The van der Waals surface area contributed by atoms with Gasteiger partial charge in [0.1, 0.15) is 0 Å². The SMILES string of the molecule is COC(=O)c1ccc(OC2CCOC2=O)c(OC)c1. The maximum atomic E-state index is 11.4. The van der Waals surface area contributed by atoms with Crippen LogP contribution in [0.15, 0.2) is 18.2 Å². The number of rotatable bonds is 4. The number of esters is 2. The van der Waals surface area contributed by atoms with Gasteiger partial charge in [-0.15, -0.1) is 0 Å². The lowest BCUT2D eigenvalue weighted by molar-refractivity contribution is -0.143. The maximum Gasteiger partial charge on any atom is 0.347 e. The summed E-state index contributed by atoms with van der Waals surface area (Å²) in [7, 11) is 2.75. The van der Waals surface area contributed by atoms with Crippen molar-refractivity contribution in [3.8, 4) is 11.5 Å². The summed E-state index contributed by atoms with van der Waals surface area (Å²) in [5, 5.41) is 0. The molecule has 6 nitrogen and oxygen atoms in total. The number of hydrogen-bond acceptors (Lipinski definition) is 6. The van der Waals surface area contributed by atoms with Crippen LogP contribution in [0.25, 0.3) is 0 Å². The van der Waals surface area contributed by atoms with E-state index in [1.54, 1.807) is 12.1 Å². The molecule has 0 aliphatic carbocycles. The fourth-order valence-electron chi connectivity index (χ4n) is 1.75. The number of hydrogen-bond donors (Lipinski definition) is 0. The van der Waals surface area contributed by atoms with Crippen LogP contribution < -0.4 is 9.47 Å². The molecule has 1 fully saturated rings. The van der Waals surface area contributed by atoms with E-state index in [4.69, 9.17) is 14.2 Å². The number of cyclic esters (lactones) is 1. The highest BCUT2D eigenvalue weighted by Gasteiger charge is 2.29. The first kappa shape index (κ1) is 13.2. The minimum atomic E-state index is -0.627. The summed E-state index contributed by atoms with van der Waals surface area (Å²) in [6.45, 7) is 0.353. The van der Waals surface area contributed by atoms with Crippen LogP contribution in [-0.4, -0.2) is 38.9 Å². The Morgan fingerprint density at radius 3 is 2.68 bits per heavy atom. The van der Waals surface area contributed by atoms with Gasteiger partial charge in [-0.25, -0.2) is 9.59 Å². The number of carbonyl (C=O) groups excluding carboxylic acids is 2. The molecule has 1 atom stereocenters. The molecule has 2 rings (SSSR count). The van der Waals surface area contributed by atoms with Gasteiger partial charge in [-0.2, -0.15) is 0 Å². The third kappa shape index (κ3) is 2.78. The molecule has 0 radical (unpaired) electrons. The molecule has 0 amide bonds. The molecule has 1 saturated heterocycles. The lowest BCUT2D eigenvalue weighted by Gasteiger charge is -2.14. The van der Waals surface area contributed by atoms with E-state index in [-0.39, 0.29) is 5.97 Å². The van der Waals surface area contributed by atoms with Crippen molar-refractivity contribution in [3.05, 3.63) is 23.8 Å². The van der Waals surface area contributed by atoms with Gasteiger partial charge in [0.25, 0.3) is 0 Å². The Morgan fingerprint density at radius 1 is 1.32 bits per heavy atom. The van der Waals surface area contributed by atoms with Crippen LogP contribution in [0.5, 0.6) is 11.5 Å². The van der Waals surface area contributed by atoms with E-state index in [1.165, 1.54) is 20.3 Å². The van der Waals surface area contributed by atoms with E-state index in [9.17, 15) is 9.59 Å². The normalized spacial score (nSPS) is 17.8. The Bertz CT molecular complexity index is 496. The molecule has 102 valence electrons. The Balaban J connectivity index is 2.20. The monoisotopic (exact) mass is 266 g/mol. The zero-order valence-electron chi connectivity index (χ0n) is 10.7. The summed E-state index contributed by atoms with van der Waals surface area (Å²) in [5.41, 5.74) is 0.348. The summed E-state index contributed by atoms with van der Waals surface area (Å²) in [6, 6.07) is 4.61. The highest BCUT2D eigenvalue weighted by atomic mass is 16.6. The smallest absolute Gasteiger partial charge is 0.347 e. The second kappa shape index (κ2) is 5.60. The fourth-order valence-corrected chi connectivity index (χ4v) is 1.75. The maximum absolute atomic E-state index is 11.4. The Kier molecular flexibility index (Phi) is 3.89. The van der Waals surface area contributed by atoms with Gasteiger partial charge in [-0.05, 0) is 18.2 Å². The molecule has 6 heteroatoms. The first-order valence-electron chi connectivity index (χ1n) is 5.75. The Hall–Kier alpha value is -2.24. The standard InChI is InChI=1S/C13H14O6/c1-16-11-7-8(12(14)17-2)3-4-9(11)19-10-5-6-18-13(10)15/h3-4,7,10H,5-6H2,1-2H3. The third-order valence-electron chi connectivity index (χ3n) is 2.74. The van der Waals surface area contributed by atoms with E-state index >= 15 is 0 Å². The van der Waals surface area contributed by atoms with Crippen LogP contribution in [0.4, 0.5) is 0 Å². The van der Waals surface area contributed by atoms with Crippen molar-refractivity contribution < 1.29 is 28.5 Å². The Labute approximate surface area is 110 Å². The molecular weight excluding hydrogens is 252 g/mol. The van der Waals surface area contributed by atoms with Crippen LogP contribution >= 0.6 is 0 Å². The topological polar surface area (TPSA) is 71.1 Å². The van der Waals surface area contributed by atoms with Crippen molar-refractivity contribution in [2.75, 3.05) is 20.8 Å². The minimum Gasteiger partial charge on any atom is -0.493 e. The second-order valence-electron chi connectivity index (χ2n) is 3.92. The van der Waals surface area contributed by atoms with Crippen LogP contribution in [0.1, 0.15) is 16.8 Å². The molecule has 1 unspecified atom stereocenters. The average Bonchev–Trinajstić information content (AvgIpc) is 2.84. The van der Waals surface area contributed by atoms with Crippen molar-refractivity contribution in [2.24, 2.45) is 0 Å². The minimum absolute atomic E-state index is 0.348. The summed E-state index contributed by atoms with van der Waals surface area (Å²) in [5.74, 6) is -0.106.